The Morgan fingerprint density at radius 2 is 1.68 bits per heavy atom. The number of hydrogen-bond acceptors (Lipinski definition) is 10. The van der Waals surface area contributed by atoms with Gasteiger partial charge in [0.25, 0.3) is 0 Å². The molecule has 284 valence electrons. The summed E-state index contributed by atoms with van der Waals surface area (Å²) < 4.78 is 25.3. The highest BCUT2D eigenvalue weighted by molar-refractivity contribution is 5.77. The number of aliphatic carboxylic acids is 1. The van der Waals surface area contributed by atoms with E-state index < -0.39 is 59.3 Å². The molecule has 7 aliphatic rings. The van der Waals surface area contributed by atoms with Crippen LogP contribution in [-0.2, 0) is 28.5 Å². The highest BCUT2D eigenvalue weighted by Crippen LogP contribution is 2.87. The van der Waals surface area contributed by atoms with Crippen LogP contribution in [0.25, 0.3) is 0 Å². The normalized spacial score (nSPS) is 49.0. The molecule has 2 heterocycles. The number of carbonyl (C=O) groups excluding carboxylic acids is 1. The van der Waals surface area contributed by atoms with E-state index in [0.717, 1.165) is 44.9 Å². The van der Waals surface area contributed by atoms with Crippen LogP contribution in [0.5, 0.6) is 0 Å². The average molecular weight is 705 g/mol. The van der Waals surface area contributed by atoms with Gasteiger partial charge in [-0.1, -0.05) is 27.7 Å². The van der Waals surface area contributed by atoms with Gasteiger partial charge in [0.2, 0.25) is 0 Å². The molecule has 0 amide bonds. The standard InChI is InChI=1S/C39H64N2O9/c1-21-18-23(31(35(7,8)46)48-22(2)42)49-29-28(21)36(9)14-15-38-20-37(38)13-12-26(50-27-19-41(16-17-47-27)34(5,6)32(44)45)33(3,4)24(37)10-11-25(38)39(36,40)30(29)43/h21,23-31,43,46H,10-20,40H2,1-9H3,(H,44,45)/t21-,23+,24+,25?,26?,27+,28+,29?,30+,31+,36?,37?,38?,39+/m1/s1. The number of esters is 1. The maximum atomic E-state index is 12.5. The molecule has 0 aromatic carbocycles. The van der Waals surface area contributed by atoms with E-state index in [-0.39, 0.29) is 45.5 Å². The van der Waals surface area contributed by atoms with E-state index in [4.69, 9.17) is 24.7 Å². The molecule has 2 spiro atoms. The van der Waals surface area contributed by atoms with Gasteiger partial charge in [-0.2, -0.15) is 0 Å². The van der Waals surface area contributed by atoms with Crippen LogP contribution in [0.4, 0.5) is 0 Å². The van der Waals surface area contributed by atoms with Crippen molar-refractivity contribution in [2.45, 2.75) is 167 Å². The predicted molar refractivity (Wildman–Crippen MR) is 185 cm³/mol. The quantitative estimate of drug-likeness (QED) is 0.283. The Labute approximate surface area is 298 Å². The number of ether oxygens (including phenoxy) is 4. The first-order valence-corrected chi connectivity index (χ1v) is 19.4. The SMILES string of the molecule is CC(=O)O[C@@H]([C@@H]1C[C@@H](C)[C@H]2C(O1)[C@H](O)[C@@]1(N)C3CC[C@H]4C(C)(C)C(O[C@H]5CN(C(C)(C)C(=O)O)CCO5)CCC45CC35CCC21C)C(C)(C)O. The fraction of sp³-hybridized carbons (Fsp3) is 0.949. The van der Waals surface area contributed by atoms with Gasteiger partial charge in [0.15, 0.2) is 12.4 Å². The van der Waals surface area contributed by atoms with Crippen molar-refractivity contribution < 1.29 is 43.9 Å². The van der Waals surface area contributed by atoms with E-state index in [1.54, 1.807) is 27.7 Å². The molecule has 0 aromatic rings. The Balaban J connectivity index is 1.11. The molecule has 7 fully saturated rings. The minimum Gasteiger partial charge on any atom is -0.480 e. The summed E-state index contributed by atoms with van der Waals surface area (Å²) in [4.78, 5) is 26.0. The second-order valence-electron chi connectivity index (χ2n) is 19.6. The van der Waals surface area contributed by atoms with E-state index in [1.807, 2.05) is 4.90 Å². The number of aliphatic hydroxyl groups is 2. The summed E-state index contributed by atoms with van der Waals surface area (Å²) >= 11 is 0. The summed E-state index contributed by atoms with van der Waals surface area (Å²) in [6.45, 7) is 18.8. The van der Waals surface area contributed by atoms with Crippen molar-refractivity contribution in [1.29, 1.82) is 0 Å². The number of fused-ring (bicyclic) bond motifs is 4. The molecule has 2 saturated heterocycles. The summed E-state index contributed by atoms with van der Waals surface area (Å²) in [5.41, 5.74) is 4.45. The number of morpholine rings is 1. The maximum absolute atomic E-state index is 12.5. The highest BCUT2D eigenvalue weighted by atomic mass is 16.7. The predicted octanol–water partition coefficient (Wildman–Crippen LogP) is 4.10. The number of carboxylic acids is 1. The number of hydrogen-bond donors (Lipinski definition) is 4. The Bertz CT molecular complexity index is 1380. The first kappa shape index (κ1) is 37.0. The van der Waals surface area contributed by atoms with Crippen LogP contribution in [0.1, 0.15) is 114 Å². The number of carboxylic acid groups (broad SMARTS) is 1. The molecule has 11 nitrogen and oxygen atoms in total. The van der Waals surface area contributed by atoms with Crippen molar-refractivity contribution in [3.63, 3.8) is 0 Å². The molecule has 5 N–H and O–H groups in total. The highest BCUT2D eigenvalue weighted by Gasteiger charge is 2.85. The van der Waals surface area contributed by atoms with Gasteiger partial charge in [-0.15, -0.1) is 0 Å². The van der Waals surface area contributed by atoms with E-state index in [2.05, 4.69) is 27.7 Å². The van der Waals surface area contributed by atoms with Crippen molar-refractivity contribution in [2.75, 3.05) is 19.7 Å². The van der Waals surface area contributed by atoms with Crippen LogP contribution in [0.15, 0.2) is 0 Å². The molecule has 0 radical (unpaired) electrons. The van der Waals surface area contributed by atoms with Gasteiger partial charge < -0.3 is 40.0 Å². The van der Waals surface area contributed by atoms with Crippen LogP contribution in [0, 0.1) is 45.3 Å². The summed E-state index contributed by atoms with van der Waals surface area (Å²) in [5.74, 6) is -0.472. The maximum Gasteiger partial charge on any atom is 0.323 e. The van der Waals surface area contributed by atoms with Gasteiger partial charge in [-0.25, -0.2) is 0 Å². The topological polar surface area (TPSA) is 161 Å². The van der Waals surface area contributed by atoms with Crippen LogP contribution >= 0.6 is 0 Å². The fourth-order valence-electron chi connectivity index (χ4n) is 13.8. The van der Waals surface area contributed by atoms with Gasteiger partial charge in [0.1, 0.15) is 5.54 Å². The van der Waals surface area contributed by atoms with E-state index >= 15 is 0 Å². The summed E-state index contributed by atoms with van der Waals surface area (Å²) in [5, 5.41) is 33.3. The van der Waals surface area contributed by atoms with E-state index in [1.165, 1.54) is 6.92 Å². The summed E-state index contributed by atoms with van der Waals surface area (Å²) in [6, 6.07) is 0. The first-order valence-electron chi connectivity index (χ1n) is 19.4. The van der Waals surface area contributed by atoms with E-state index in [9.17, 15) is 24.9 Å². The van der Waals surface area contributed by atoms with Gasteiger partial charge >= 0.3 is 11.9 Å². The second kappa shape index (κ2) is 11.6. The zero-order valence-electron chi connectivity index (χ0n) is 31.9. The molecular weight excluding hydrogens is 640 g/mol. The zero-order valence-corrected chi connectivity index (χ0v) is 31.9. The number of carbonyl (C=O) groups is 2. The molecule has 11 heteroatoms. The van der Waals surface area contributed by atoms with Crippen molar-refractivity contribution in [3.05, 3.63) is 0 Å². The van der Waals surface area contributed by atoms with Gasteiger partial charge in [0.05, 0.1) is 48.7 Å². The van der Waals surface area contributed by atoms with E-state index in [0.29, 0.717) is 32.0 Å². The monoisotopic (exact) mass is 704 g/mol. The van der Waals surface area contributed by atoms with Gasteiger partial charge in [-0.05, 0) is 124 Å². The molecule has 6 unspecified atom stereocenters. The Kier molecular flexibility index (Phi) is 8.57. The third kappa shape index (κ3) is 4.92. The Hall–Kier alpha value is -1.34. The van der Waals surface area contributed by atoms with Crippen LogP contribution in [0.2, 0.25) is 0 Å². The number of aliphatic hydroxyl groups excluding tert-OH is 1. The summed E-state index contributed by atoms with van der Waals surface area (Å²) in [6.07, 6.45) is 4.51. The zero-order chi connectivity index (χ0) is 36.6. The minimum atomic E-state index is -1.31. The lowest BCUT2D eigenvalue weighted by Gasteiger charge is -2.63. The molecular formula is C39H64N2O9. The number of rotatable bonds is 7. The second-order valence-corrected chi connectivity index (χ2v) is 19.6. The molecule has 2 aliphatic heterocycles. The van der Waals surface area contributed by atoms with Gasteiger partial charge in [0, 0.05) is 13.5 Å². The third-order valence-corrected chi connectivity index (χ3v) is 16.2. The summed E-state index contributed by atoms with van der Waals surface area (Å²) in [7, 11) is 0. The lowest BCUT2D eigenvalue weighted by atomic mass is 9.43. The van der Waals surface area contributed by atoms with Crippen molar-refractivity contribution in [3.8, 4) is 0 Å². The third-order valence-electron chi connectivity index (χ3n) is 16.2. The molecule has 0 bridgehead atoms. The minimum absolute atomic E-state index is 0.00188. The average Bonchev–Trinajstić information content (AvgIpc) is 3.65. The molecule has 5 saturated carbocycles. The lowest BCUT2D eigenvalue weighted by Crippen LogP contribution is -2.70. The van der Waals surface area contributed by atoms with Crippen molar-refractivity contribution >= 4 is 11.9 Å². The first-order chi connectivity index (χ1) is 23.1. The molecule has 50 heavy (non-hydrogen) atoms. The largest absolute Gasteiger partial charge is 0.480 e. The molecule has 7 rings (SSSR count). The van der Waals surface area contributed by atoms with Crippen LogP contribution in [0.3, 0.4) is 0 Å². The van der Waals surface area contributed by atoms with Crippen LogP contribution in [-0.4, -0.2) is 105 Å². The lowest BCUT2D eigenvalue weighted by molar-refractivity contribution is -0.252. The fourth-order valence-corrected chi connectivity index (χ4v) is 13.8. The van der Waals surface area contributed by atoms with Crippen molar-refractivity contribution in [1.82, 2.24) is 4.90 Å². The Morgan fingerprint density at radius 1 is 1.02 bits per heavy atom. The smallest absolute Gasteiger partial charge is 0.323 e. The molecule has 5 aliphatic carbocycles. The van der Waals surface area contributed by atoms with Crippen molar-refractivity contribution in [2.24, 2.45) is 51.1 Å². The van der Waals surface area contributed by atoms with Gasteiger partial charge in [-0.3, -0.25) is 14.5 Å². The number of nitrogens with two attached hydrogens (primary N) is 1. The molecule has 14 atom stereocenters. The molecule has 0 aromatic heterocycles. The number of nitrogens with zero attached hydrogens (tertiary/aromatic N) is 1. The van der Waals surface area contributed by atoms with Crippen LogP contribution < -0.4 is 5.73 Å². The Morgan fingerprint density at radius 3 is 2.32 bits per heavy atom.